The molecule has 5 aromatic carbocycles. The van der Waals surface area contributed by atoms with Crippen molar-refractivity contribution in [3.05, 3.63) is 177 Å². The number of nitrogens with one attached hydrogen (secondary N) is 3. The zero-order valence-electron chi connectivity index (χ0n) is 53.8. The molecule has 0 bridgehead atoms. The Balaban J connectivity index is 0.800. The zero-order chi connectivity index (χ0) is 67.6. The average Bonchev–Trinajstić information content (AvgIpc) is 1.65. The number of carbonyl (C=O) groups is 8. The summed E-state index contributed by atoms with van der Waals surface area (Å²) in [6, 6.07) is 28.4. The number of carbonyl (C=O) groups excluding carboxylic acids is 8. The van der Waals surface area contributed by atoms with Crippen molar-refractivity contribution in [2.24, 2.45) is 10.9 Å². The van der Waals surface area contributed by atoms with Crippen LogP contribution in [0.15, 0.2) is 126 Å². The Morgan fingerprint density at radius 3 is 1.96 bits per heavy atom. The second-order valence-corrected chi connectivity index (χ2v) is 24.1. The smallest absolute Gasteiger partial charge is 0.416 e. The number of imide groups is 1. The average molecular weight is 1300 g/mol. The summed E-state index contributed by atoms with van der Waals surface area (Å²) in [6.07, 6.45) is 2.44. The van der Waals surface area contributed by atoms with Crippen molar-refractivity contribution in [1.82, 2.24) is 30.3 Å². The number of anilines is 2. The Kier molecular flexibility index (Phi) is 21.4. The van der Waals surface area contributed by atoms with E-state index in [1.807, 2.05) is 49.4 Å². The summed E-state index contributed by atoms with van der Waals surface area (Å²) >= 11 is 0. The van der Waals surface area contributed by atoms with Gasteiger partial charge in [-0.2, -0.15) is 0 Å². The maximum Gasteiger partial charge on any atom is 0.416 e. The van der Waals surface area contributed by atoms with Crippen LogP contribution < -0.4 is 39.8 Å². The first-order valence-corrected chi connectivity index (χ1v) is 31.4. The van der Waals surface area contributed by atoms with E-state index < -0.39 is 48.2 Å². The first-order valence-electron chi connectivity index (χ1n) is 31.4. The molecule has 4 aliphatic heterocycles. The van der Waals surface area contributed by atoms with E-state index in [0.717, 1.165) is 26.5 Å². The summed E-state index contributed by atoms with van der Waals surface area (Å²) in [5.74, 6) is -2.48. The Morgan fingerprint density at radius 1 is 0.705 bits per heavy atom. The van der Waals surface area contributed by atoms with Crippen LogP contribution in [0, 0.1) is 5.92 Å². The van der Waals surface area contributed by atoms with E-state index in [0.29, 0.717) is 71.7 Å². The zero-order valence-corrected chi connectivity index (χ0v) is 53.8. The predicted molar refractivity (Wildman–Crippen MR) is 350 cm³/mol. The van der Waals surface area contributed by atoms with Crippen LogP contribution >= 0.6 is 0 Å². The van der Waals surface area contributed by atoms with Crippen LogP contribution in [0.2, 0.25) is 0 Å². The first-order chi connectivity index (χ1) is 45.7. The highest BCUT2D eigenvalue weighted by atomic mass is 16.6. The lowest BCUT2D eigenvalue weighted by Gasteiger charge is -2.39. The van der Waals surface area contributed by atoms with Crippen molar-refractivity contribution in [2.45, 2.75) is 136 Å². The van der Waals surface area contributed by atoms with Gasteiger partial charge in [0, 0.05) is 62.1 Å². The van der Waals surface area contributed by atoms with Crippen molar-refractivity contribution in [3.63, 3.8) is 0 Å². The molecule has 5 N–H and O–H groups in total. The molecule has 1 aromatic heterocycles. The second kappa shape index (κ2) is 30.1. The molecular weight excluding hydrogens is 1220 g/mol. The fraction of sp³-hybridized carbons (Fsp3) is 0.352. The van der Waals surface area contributed by atoms with E-state index in [-0.39, 0.29) is 122 Å². The maximum atomic E-state index is 14.8. The molecule has 8 amide bonds. The normalized spacial score (nSPS) is 16.9. The van der Waals surface area contributed by atoms with Gasteiger partial charge in [-0.3, -0.25) is 48.4 Å². The van der Waals surface area contributed by atoms with Crippen molar-refractivity contribution in [3.8, 4) is 23.0 Å². The number of benzene rings is 5. The molecule has 24 heteroatoms. The molecule has 10 rings (SSSR count). The fourth-order valence-electron chi connectivity index (χ4n) is 12.1. The quantitative estimate of drug-likeness (QED) is 0.0208. The lowest BCUT2D eigenvalue weighted by Crippen LogP contribution is -2.55. The molecule has 0 aliphatic carbocycles. The van der Waals surface area contributed by atoms with Gasteiger partial charge in [0.15, 0.2) is 29.2 Å². The van der Waals surface area contributed by atoms with Crippen molar-refractivity contribution in [2.75, 3.05) is 31.0 Å². The van der Waals surface area contributed by atoms with Crippen LogP contribution in [0.1, 0.15) is 119 Å². The number of hydrogen-bond acceptors (Lipinski definition) is 17. The highest BCUT2D eigenvalue weighted by molar-refractivity contribution is 6.13. The number of pyridine rings is 1. The van der Waals surface area contributed by atoms with Crippen LogP contribution in [-0.4, -0.2) is 135 Å². The van der Waals surface area contributed by atoms with Gasteiger partial charge in [-0.15, -0.1) is 0 Å². The monoisotopic (exact) mass is 1300 g/mol. The molecule has 95 heavy (non-hydrogen) atoms. The number of unbranched alkanes of at least 4 members (excludes halogenated alkanes) is 2. The number of fused-ring (bicyclic) bond motifs is 4. The van der Waals surface area contributed by atoms with E-state index in [2.05, 4.69) is 33.7 Å². The molecule has 0 saturated carbocycles. The summed E-state index contributed by atoms with van der Waals surface area (Å²) < 4.78 is 30.2. The topological polar surface area (TPSA) is 297 Å². The molecule has 0 radical (unpaired) electrons. The van der Waals surface area contributed by atoms with E-state index >= 15 is 0 Å². The van der Waals surface area contributed by atoms with Crippen molar-refractivity contribution in [1.29, 1.82) is 0 Å². The van der Waals surface area contributed by atoms with E-state index in [1.165, 1.54) is 55.9 Å². The molecule has 496 valence electrons. The van der Waals surface area contributed by atoms with E-state index in [4.69, 9.17) is 28.7 Å². The first kappa shape index (κ1) is 67.4. The molecule has 0 fully saturated rings. The third-order valence-electron chi connectivity index (χ3n) is 17.3. The predicted octanol–water partition coefficient (Wildman–Crippen LogP) is 7.78. The summed E-state index contributed by atoms with van der Waals surface area (Å²) in [7, 11) is 2.86. The minimum atomic E-state index is -1.63. The molecule has 6 aromatic rings. The summed E-state index contributed by atoms with van der Waals surface area (Å²) in [4.78, 5) is 121. The molecule has 4 aliphatic rings. The summed E-state index contributed by atoms with van der Waals surface area (Å²) in [5, 5.41) is 31.1. The van der Waals surface area contributed by atoms with E-state index in [9.17, 15) is 48.6 Å². The molecule has 5 atom stereocenters. The van der Waals surface area contributed by atoms with Crippen LogP contribution in [0.3, 0.4) is 0 Å². The van der Waals surface area contributed by atoms with Gasteiger partial charge in [0.2, 0.25) is 17.7 Å². The van der Waals surface area contributed by atoms with Gasteiger partial charge in [0.05, 0.1) is 60.8 Å². The largest absolute Gasteiger partial charge is 0.493 e. The maximum absolute atomic E-state index is 14.8. The fourth-order valence-corrected chi connectivity index (χ4v) is 12.1. The summed E-state index contributed by atoms with van der Waals surface area (Å²) in [6.45, 7) is 10.6. The highest BCUT2D eigenvalue weighted by Crippen LogP contribution is 2.43. The van der Waals surface area contributed by atoms with Gasteiger partial charge in [-0.25, -0.2) is 9.69 Å². The number of hydrogen-bond donors (Lipinski definition) is 5. The van der Waals surface area contributed by atoms with Crippen molar-refractivity contribution >= 4 is 71.2 Å². The van der Waals surface area contributed by atoms with Gasteiger partial charge in [-0.1, -0.05) is 80.9 Å². The van der Waals surface area contributed by atoms with Gasteiger partial charge in [-0.05, 0) is 122 Å². The molecule has 0 saturated heterocycles. The summed E-state index contributed by atoms with van der Waals surface area (Å²) in [5.41, 5.74) is 6.71. The lowest BCUT2D eigenvalue weighted by molar-refractivity contribution is -0.137. The molecule has 5 heterocycles. The number of methoxy groups -OCH3 is 2. The molecule has 0 spiro atoms. The highest BCUT2D eigenvalue weighted by Gasteiger charge is 2.46. The standard InChI is InChI=1S/C71H77N9O15/c1-41(2)65(76-62(82)19-9-8-14-26-77-63(83)24-25-64(77)84)67(86)73-43(4)66(85)75-50-22-20-44(21-23-50)38-95-71(90)80-56-34-61(59(92-7)32-54(56)69(88)79-36-49-18-13-11-16-47(49)30-57(79)70(80)89)94-40-52-29-45(37-81)28-51(74-52)39-93-60-33-55(72-5)53(31-58(60)91-6)68(87)78-35-48-17-12-10-15-46(48)27-42(78)3/h10-13,15-18,20-25,28-29,31-34,41-43,57,65,70,81,89H,5,8-9,14,19,26-27,30,35-40H2,1-4,6-7H3,(H,73,86)(H,75,85)(H,76,82)/t42-,43+,57+,65+,70?/m1/s1. The van der Waals surface area contributed by atoms with Gasteiger partial charge in [0.1, 0.15) is 31.9 Å². The third-order valence-corrected chi connectivity index (χ3v) is 17.3. The Morgan fingerprint density at radius 2 is 1.33 bits per heavy atom. The number of nitrogens with zero attached hydrogens (tertiary/aromatic N) is 6. The number of aromatic nitrogens is 1. The van der Waals surface area contributed by atoms with Crippen LogP contribution in [0.4, 0.5) is 21.9 Å². The van der Waals surface area contributed by atoms with Gasteiger partial charge in [0.25, 0.3) is 23.6 Å². The minimum absolute atomic E-state index is 0.0195. The number of amides is 8. The van der Waals surface area contributed by atoms with Crippen LogP contribution in [0.5, 0.6) is 23.0 Å². The SMILES string of the molecule is C=Nc1cc(OCc2cc(CO)cc(COc3cc4c(cc3OC)C(=O)N3Cc5ccccc5C[C@H]3C(O)N4C(=O)OCc3ccc(NC(=O)[C@H](C)NC(=O)[C@@H](NC(=O)CCCCCN4C(=O)C=CC4=O)C(C)C)cc3)n2)c(OC)cc1C(=O)N1Cc2ccccc2C[C@H]1C. The number of aliphatic hydroxyl groups excluding tert-OH is 2. The molecule has 24 nitrogen and oxygen atoms in total. The van der Waals surface area contributed by atoms with Crippen molar-refractivity contribution < 1.29 is 72.3 Å². The number of aliphatic hydroxyl groups is 2. The third kappa shape index (κ3) is 15.5. The Labute approximate surface area is 549 Å². The van der Waals surface area contributed by atoms with E-state index in [1.54, 1.807) is 67.3 Å². The molecular formula is C71H77N9O15. The Bertz CT molecular complexity index is 3950. The number of aliphatic imine (C=N–C) groups is 1. The minimum Gasteiger partial charge on any atom is -0.493 e. The lowest BCUT2D eigenvalue weighted by atomic mass is 9.93. The number of rotatable bonds is 25. The van der Waals surface area contributed by atoms with Gasteiger partial charge < -0.3 is 59.6 Å². The second-order valence-electron chi connectivity index (χ2n) is 24.1. The Hall–Kier alpha value is -10.5. The van der Waals surface area contributed by atoms with Gasteiger partial charge >= 0.3 is 6.09 Å². The van der Waals surface area contributed by atoms with Crippen LogP contribution in [-0.2, 0) is 81.1 Å². The number of ether oxygens (including phenoxy) is 5. The molecule has 1 unspecified atom stereocenters. The van der Waals surface area contributed by atoms with Crippen LogP contribution in [0.25, 0.3) is 0 Å².